The van der Waals surface area contributed by atoms with Gasteiger partial charge in [0.15, 0.2) is 11.5 Å². The lowest BCUT2D eigenvalue weighted by Gasteiger charge is -2.30. The van der Waals surface area contributed by atoms with Gasteiger partial charge < -0.3 is 19.5 Å². The van der Waals surface area contributed by atoms with E-state index in [0.717, 1.165) is 43.0 Å². The third kappa shape index (κ3) is 3.87. The van der Waals surface area contributed by atoms with Crippen LogP contribution in [0.5, 0.6) is 11.5 Å². The first kappa shape index (κ1) is 15.1. The van der Waals surface area contributed by atoms with Crippen molar-refractivity contribution in [1.82, 2.24) is 4.90 Å². The smallest absolute Gasteiger partial charge is 0.164 e. The maximum Gasteiger partial charge on any atom is 0.164 e. The number of aliphatic hydroxyl groups excluding tert-OH is 1. The van der Waals surface area contributed by atoms with Gasteiger partial charge in [-0.1, -0.05) is 12.1 Å². The molecule has 20 heavy (non-hydrogen) atoms. The summed E-state index contributed by atoms with van der Waals surface area (Å²) in [5.74, 6) is 1.55. The Kier molecular flexibility index (Phi) is 5.26. The lowest BCUT2D eigenvalue weighted by atomic mass is 10.1. The van der Waals surface area contributed by atoms with Gasteiger partial charge in [-0.25, -0.2) is 0 Å². The highest BCUT2D eigenvalue weighted by Gasteiger charge is 2.20. The summed E-state index contributed by atoms with van der Waals surface area (Å²) in [5.41, 5.74) is 0.993. The number of piperidine rings is 1. The molecule has 0 bridgehead atoms. The quantitative estimate of drug-likeness (QED) is 0.896. The van der Waals surface area contributed by atoms with Gasteiger partial charge >= 0.3 is 0 Å². The number of hydrogen-bond donors (Lipinski definition) is 1. The van der Waals surface area contributed by atoms with E-state index in [0.29, 0.717) is 6.42 Å². The molecule has 1 aromatic carbocycles. The van der Waals surface area contributed by atoms with Crippen LogP contribution in [0.25, 0.3) is 0 Å². The van der Waals surface area contributed by atoms with E-state index < -0.39 is 0 Å². The number of aliphatic hydroxyl groups is 1. The number of benzene rings is 1. The third-order valence-corrected chi connectivity index (χ3v) is 3.74. The molecule has 0 saturated carbocycles. The van der Waals surface area contributed by atoms with E-state index in [9.17, 15) is 5.11 Å². The fraction of sp³-hybridized carbons (Fsp3) is 0.625. The fourth-order valence-corrected chi connectivity index (χ4v) is 2.65. The maximum atomic E-state index is 9.57. The molecule has 1 aromatic rings. The number of likely N-dealkylation sites (tertiary alicyclic amines) is 1. The van der Waals surface area contributed by atoms with Crippen LogP contribution in [0.2, 0.25) is 0 Å². The Bertz CT molecular complexity index is 426. The standard InChI is InChI=1S/C16H25NO3/c1-12(18)11-13-5-4-6-15(16(13)19-3)20-14-7-9-17(2)10-8-14/h4-6,12,14,18H,7-11H2,1-3H3. The summed E-state index contributed by atoms with van der Waals surface area (Å²) in [5, 5.41) is 9.57. The van der Waals surface area contributed by atoms with Gasteiger partial charge in [-0.3, -0.25) is 0 Å². The second-order valence-electron chi connectivity index (χ2n) is 5.62. The van der Waals surface area contributed by atoms with Gasteiger partial charge in [0.25, 0.3) is 0 Å². The summed E-state index contributed by atoms with van der Waals surface area (Å²) in [4.78, 5) is 2.32. The Balaban J connectivity index is 2.10. The number of methoxy groups -OCH3 is 1. The summed E-state index contributed by atoms with van der Waals surface area (Å²) < 4.78 is 11.6. The molecule has 1 aliphatic heterocycles. The van der Waals surface area contributed by atoms with Crippen LogP contribution in [0.4, 0.5) is 0 Å². The molecule has 1 saturated heterocycles. The molecule has 0 radical (unpaired) electrons. The maximum absolute atomic E-state index is 9.57. The molecule has 1 heterocycles. The number of nitrogens with zero attached hydrogens (tertiary/aromatic N) is 1. The average Bonchev–Trinajstić information content (AvgIpc) is 2.41. The zero-order valence-corrected chi connectivity index (χ0v) is 12.6. The first-order valence-electron chi connectivity index (χ1n) is 7.29. The van der Waals surface area contributed by atoms with E-state index in [-0.39, 0.29) is 12.2 Å². The molecule has 1 aliphatic rings. The molecular weight excluding hydrogens is 254 g/mol. The van der Waals surface area contributed by atoms with Crippen molar-refractivity contribution < 1.29 is 14.6 Å². The lowest BCUT2D eigenvalue weighted by molar-refractivity contribution is 0.111. The first-order valence-corrected chi connectivity index (χ1v) is 7.29. The fourth-order valence-electron chi connectivity index (χ4n) is 2.65. The van der Waals surface area contributed by atoms with Crippen molar-refractivity contribution in [3.63, 3.8) is 0 Å². The van der Waals surface area contributed by atoms with Gasteiger partial charge in [0.2, 0.25) is 0 Å². The van der Waals surface area contributed by atoms with Crippen LogP contribution in [0.15, 0.2) is 18.2 Å². The topological polar surface area (TPSA) is 41.9 Å². The lowest BCUT2D eigenvalue weighted by Crippen LogP contribution is -2.35. The molecule has 1 atom stereocenters. The summed E-state index contributed by atoms with van der Waals surface area (Å²) >= 11 is 0. The number of rotatable bonds is 5. The molecule has 0 aliphatic carbocycles. The zero-order valence-electron chi connectivity index (χ0n) is 12.6. The SMILES string of the molecule is COc1c(CC(C)O)cccc1OC1CCN(C)CC1. The van der Waals surface area contributed by atoms with Crippen molar-refractivity contribution >= 4 is 0 Å². The van der Waals surface area contributed by atoms with E-state index in [1.165, 1.54) is 0 Å². The molecule has 112 valence electrons. The highest BCUT2D eigenvalue weighted by molar-refractivity contribution is 5.47. The van der Waals surface area contributed by atoms with Crippen LogP contribution in [0.1, 0.15) is 25.3 Å². The van der Waals surface area contributed by atoms with Crippen molar-refractivity contribution in [2.45, 2.75) is 38.4 Å². The van der Waals surface area contributed by atoms with E-state index in [1.54, 1.807) is 14.0 Å². The van der Waals surface area contributed by atoms with Gasteiger partial charge in [0, 0.05) is 25.1 Å². The Labute approximate surface area is 121 Å². The van der Waals surface area contributed by atoms with E-state index in [2.05, 4.69) is 11.9 Å². The van der Waals surface area contributed by atoms with Gasteiger partial charge in [-0.15, -0.1) is 0 Å². The van der Waals surface area contributed by atoms with Crippen LogP contribution in [0, 0.1) is 0 Å². The Morgan fingerprint density at radius 2 is 2.05 bits per heavy atom. The number of ether oxygens (including phenoxy) is 2. The van der Waals surface area contributed by atoms with Gasteiger partial charge in [-0.2, -0.15) is 0 Å². The normalized spacial score (nSPS) is 18.8. The highest BCUT2D eigenvalue weighted by Crippen LogP contribution is 2.33. The molecule has 0 amide bonds. The molecule has 2 rings (SSSR count). The monoisotopic (exact) mass is 279 g/mol. The molecule has 1 unspecified atom stereocenters. The molecule has 0 aromatic heterocycles. The molecule has 4 nitrogen and oxygen atoms in total. The summed E-state index contributed by atoms with van der Waals surface area (Å²) in [7, 11) is 3.79. The van der Waals surface area contributed by atoms with Crippen LogP contribution in [-0.4, -0.2) is 49.5 Å². The minimum absolute atomic E-state index is 0.252. The molecule has 1 N–H and O–H groups in total. The average molecular weight is 279 g/mol. The van der Waals surface area contributed by atoms with Gasteiger partial charge in [0.05, 0.1) is 13.2 Å². The Morgan fingerprint density at radius 3 is 2.65 bits per heavy atom. The first-order chi connectivity index (χ1) is 9.60. The van der Waals surface area contributed by atoms with E-state index in [1.807, 2.05) is 18.2 Å². The summed E-state index contributed by atoms with van der Waals surface area (Å²) in [6, 6.07) is 5.89. The van der Waals surface area contributed by atoms with E-state index >= 15 is 0 Å². The van der Waals surface area contributed by atoms with Gasteiger partial charge in [0.1, 0.15) is 6.10 Å². The second kappa shape index (κ2) is 6.95. The van der Waals surface area contributed by atoms with Crippen LogP contribution >= 0.6 is 0 Å². The molecular formula is C16H25NO3. The predicted octanol–water partition coefficient (Wildman–Crippen LogP) is 2.09. The molecule has 0 spiro atoms. The molecule has 4 heteroatoms. The minimum atomic E-state index is -0.387. The zero-order chi connectivity index (χ0) is 14.5. The van der Waals surface area contributed by atoms with Crippen molar-refractivity contribution in [3.8, 4) is 11.5 Å². The largest absolute Gasteiger partial charge is 0.493 e. The van der Waals surface area contributed by atoms with Crippen molar-refractivity contribution in [3.05, 3.63) is 23.8 Å². The summed E-state index contributed by atoms with van der Waals surface area (Å²) in [6.07, 6.45) is 2.53. The predicted molar refractivity (Wildman–Crippen MR) is 79.5 cm³/mol. The Morgan fingerprint density at radius 1 is 1.35 bits per heavy atom. The van der Waals surface area contributed by atoms with Crippen molar-refractivity contribution in [1.29, 1.82) is 0 Å². The van der Waals surface area contributed by atoms with Crippen molar-refractivity contribution in [2.75, 3.05) is 27.2 Å². The third-order valence-electron chi connectivity index (χ3n) is 3.74. The van der Waals surface area contributed by atoms with E-state index in [4.69, 9.17) is 9.47 Å². The van der Waals surface area contributed by atoms with Crippen molar-refractivity contribution in [2.24, 2.45) is 0 Å². The van der Waals surface area contributed by atoms with Crippen LogP contribution in [0.3, 0.4) is 0 Å². The van der Waals surface area contributed by atoms with Gasteiger partial charge in [-0.05, 0) is 32.9 Å². The molecule has 1 fully saturated rings. The second-order valence-corrected chi connectivity index (χ2v) is 5.62. The Hall–Kier alpha value is -1.26. The number of hydrogen-bond acceptors (Lipinski definition) is 4. The highest BCUT2D eigenvalue weighted by atomic mass is 16.5. The minimum Gasteiger partial charge on any atom is -0.493 e. The van der Waals surface area contributed by atoms with Crippen LogP contribution < -0.4 is 9.47 Å². The van der Waals surface area contributed by atoms with Crippen LogP contribution in [-0.2, 0) is 6.42 Å². The number of para-hydroxylation sites is 1. The summed E-state index contributed by atoms with van der Waals surface area (Å²) in [6.45, 7) is 3.92.